The first-order chi connectivity index (χ1) is 9.04. The van der Waals surface area contributed by atoms with Crippen LogP contribution in [0.3, 0.4) is 0 Å². The summed E-state index contributed by atoms with van der Waals surface area (Å²) in [5.41, 5.74) is 1.30. The minimum absolute atomic E-state index is 0. The summed E-state index contributed by atoms with van der Waals surface area (Å²) in [5.74, 6) is 5.44. The van der Waals surface area contributed by atoms with Crippen molar-refractivity contribution in [1.82, 2.24) is 9.88 Å². The normalized spacial score (nSPS) is 15.9. The number of aromatic carboxylic acids is 1. The summed E-state index contributed by atoms with van der Waals surface area (Å²) < 4.78 is 0. The van der Waals surface area contributed by atoms with Crippen molar-refractivity contribution in [2.45, 2.75) is 19.8 Å². The maximum absolute atomic E-state index is 10.8. The van der Waals surface area contributed by atoms with Crippen molar-refractivity contribution in [2.75, 3.05) is 20.1 Å². The number of aryl methyl sites for hydroxylation is 1. The molecular formula is C15H17LiN2O2. The Labute approximate surface area is 131 Å². The summed E-state index contributed by atoms with van der Waals surface area (Å²) in [6.07, 6.45) is 2.14. The Kier molecular flexibility index (Phi) is 6.30. The molecule has 0 atom stereocenters. The van der Waals surface area contributed by atoms with Gasteiger partial charge in [0.2, 0.25) is 0 Å². The number of hydrogen-bond acceptors (Lipinski definition) is 4. The van der Waals surface area contributed by atoms with Crippen LogP contribution in [0.5, 0.6) is 0 Å². The van der Waals surface area contributed by atoms with Crippen LogP contribution in [-0.4, -0.2) is 36.0 Å². The van der Waals surface area contributed by atoms with Crippen molar-refractivity contribution < 1.29 is 28.8 Å². The smallest absolute Gasteiger partial charge is 0.543 e. The van der Waals surface area contributed by atoms with Crippen LogP contribution in [0.15, 0.2) is 12.1 Å². The van der Waals surface area contributed by atoms with Gasteiger partial charge in [0.05, 0.1) is 11.7 Å². The molecule has 100 valence electrons. The molecule has 1 aliphatic heterocycles. The number of likely N-dealkylation sites (tertiary alicyclic amines) is 1. The van der Waals surface area contributed by atoms with E-state index < -0.39 is 5.97 Å². The van der Waals surface area contributed by atoms with E-state index in [4.69, 9.17) is 0 Å². The van der Waals surface area contributed by atoms with Gasteiger partial charge < -0.3 is 14.8 Å². The van der Waals surface area contributed by atoms with E-state index in [1.54, 1.807) is 13.0 Å². The predicted molar refractivity (Wildman–Crippen MR) is 70.4 cm³/mol. The zero-order valence-corrected chi connectivity index (χ0v) is 12.3. The molecule has 0 aliphatic carbocycles. The average Bonchev–Trinajstić information content (AvgIpc) is 2.37. The van der Waals surface area contributed by atoms with E-state index in [0.29, 0.717) is 17.2 Å². The standard InChI is InChI=1S/C15H18N2O2.Li/c1-11-9-13(10-14(16-11)15(18)19)4-3-12-5-7-17(2)8-6-12;/h9-10,12H,5-8H2,1-2H3,(H,18,19);/q;+1/p-1. The second-order valence-electron chi connectivity index (χ2n) is 5.02. The molecule has 1 fully saturated rings. The van der Waals surface area contributed by atoms with Gasteiger partial charge >= 0.3 is 18.9 Å². The van der Waals surface area contributed by atoms with Crippen LogP contribution in [0.2, 0.25) is 0 Å². The molecule has 1 aliphatic rings. The second kappa shape index (κ2) is 7.50. The molecule has 0 radical (unpaired) electrons. The van der Waals surface area contributed by atoms with E-state index in [1.807, 2.05) is 0 Å². The molecule has 2 rings (SSSR count). The molecule has 0 N–H and O–H groups in total. The molecule has 1 saturated heterocycles. The molecular weight excluding hydrogens is 247 g/mol. The van der Waals surface area contributed by atoms with E-state index >= 15 is 0 Å². The van der Waals surface area contributed by atoms with Crippen LogP contribution >= 0.6 is 0 Å². The maximum atomic E-state index is 10.8. The number of rotatable bonds is 1. The Morgan fingerprint density at radius 3 is 2.65 bits per heavy atom. The van der Waals surface area contributed by atoms with Gasteiger partial charge in [-0.1, -0.05) is 11.8 Å². The van der Waals surface area contributed by atoms with Crippen molar-refractivity contribution in [3.63, 3.8) is 0 Å². The molecule has 5 heteroatoms. The molecule has 4 nitrogen and oxygen atoms in total. The summed E-state index contributed by atoms with van der Waals surface area (Å²) in [6.45, 7) is 3.89. The first kappa shape index (κ1) is 16.8. The number of carbonyl (C=O) groups excluding carboxylic acids is 1. The number of carboxylic acids is 1. The third kappa shape index (κ3) is 4.69. The molecule has 0 spiro atoms. The second-order valence-corrected chi connectivity index (χ2v) is 5.02. The number of nitrogens with zero attached hydrogens (tertiary/aromatic N) is 2. The van der Waals surface area contributed by atoms with Crippen LogP contribution in [-0.2, 0) is 0 Å². The van der Waals surface area contributed by atoms with Crippen molar-refractivity contribution in [2.24, 2.45) is 5.92 Å². The van der Waals surface area contributed by atoms with E-state index in [9.17, 15) is 9.90 Å². The van der Waals surface area contributed by atoms with Gasteiger partial charge in [0.1, 0.15) is 0 Å². The molecule has 2 heterocycles. The van der Waals surface area contributed by atoms with Gasteiger partial charge in [0.25, 0.3) is 0 Å². The minimum atomic E-state index is -1.26. The van der Waals surface area contributed by atoms with Gasteiger partial charge in [-0.15, -0.1) is 0 Å². The van der Waals surface area contributed by atoms with E-state index in [1.165, 1.54) is 6.07 Å². The quantitative estimate of drug-likeness (QED) is 0.414. The molecule has 0 unspecified atom stereocenters. The summed E-state index contributed by atoms with van der Waals surface area (Å²) in [4.78, 5) is 17.0. The monoisotopic (exact) mass is 264 g/mol. The summed E-state index contributed by atoms with van der Waals surface area (Å²) >= 11 is 0. The predicted octanol–water partition coefficient (Wildman–Crippen LogP) is -2.55. The average molecular weight is 264 g/mol. The fourth-order valence-corrected chi connectivity index (χ4v) is 2.18. The Morgan fingerprint density at radius 2 is 2.05 bits per heavy atom. The van der Waals surface area contributed by atoms with Gasteiger partial charge in [0, 0.05) is 17.2 Å². The zero-order valence-electron chi connectivity index (χ0n) is 12.3. The Hall–Kier alpha value is -1.26. The van der Waals surface area contributed by atoms with Crippen LogP contribution < -0.4 is 24.0 Å². The Morgan fingerprint density at radius 1 is 1.40 bits per heavy atom. The summed E-state index contributed by atoms with van der Waals surface area (Å²) in [5, 5.41) is 10.8. The third-order valence-electron chi connectivity index (χ3n) is 3.30. The number of carboxylic acid groups (broad SMARTS) is 1. The van der Waals surface area contributed by atoms with Crippen molar-refractivity contribution in [3.05, 3.63) is 29.1 Å². The molecule has 1 aromatic rings. The first-order valence-corrected chi connectivity index (χ1v) is 6.45. The van der Waals surface area contributed by atoms with Crippen molar-refractivity contribution in [3.8, 4) is 11.8 Å². The number of hydrogen-bond donors (Lipinski definition) is 0. The maximum Gasteiger partial charge on any atom is 1.00 e. The van der Waals surface area contributed by atoms with Gasteiger partial charge in [-0.25, -0.2) is 0 Å². The fraction of sp³-hybridized carbons (Fsp3) is 0.467. The van der Waals surface area contributed by atoms with Crippen LogP contribution in [0, 0.1) is 24.7 Å². The molecule has 0 amide bonds. The first-order valence-electron chi connectivity index (χ1n) is 6.45. The number of aromatic nitrogens is 1. The van der Waals surface area contributed by atoms with Crippen LogP contribution in [0.25, 0.3) is 0 Å². The molecule has 0 saturated carbocycles. The Balaban J connectivity index is 0.00000200. The van der Waals surface area contributed by atoms with Crippen LogP contribution in [0.4, 0.5) is 0 Å². The van der Waals surface area contributed by atoms with Crippen molar-refractivity contribution in [1.29, 1.82) is 0 Å². The van der Waals surface area contributed by atoms with Crippen molar-refractivity contribution >= 4 is 5.97 Å². The number of piperidine rings is 1. The van der Waals surface area contributed by atoms with Gasteiger partial charge in [0.15, 0.2) is 0 Å². The molecule has 1 aromatic heterocycles. The SMILES string of the molecule is Cc1cc(C#CC2CCN(C)CC2)cc(C(=O)[O-])n1.[Li+]. The van der Waals surface area contributed by atoms with Gasteiger partial charge in [-0.05, 0) is 52.0 Å². The minimum Gasteiger partial charge on any atom is -0.543 e. The number of carbonyl (C=O) groups is 1. The summed E-state index contributed by atoms with van der Waals surface area (Å²) in [6, 6.07) is 3.28. The van der Waals surface area contributed by atoms with Gasteiger partial charge in [-0.2, -0.15) is 0 Å². The van der Waals surface area contributed by atoms with E-state index in [-0.39, 0.29) is 24.6 Å². The molecule has 0 bridgehead atoms. The Bertz CT molecular complexity index is 541. The largest absolute Gasteiger partial charge is 1.00 e. The van der Waals surface area contributed by atoms with Crippen LogP contribution in [0.1, 0.15) is 34.6 Å². The molecule has 0 aromatic carbocycles. The van der Waals surface area contributed by atoms with Gasteiger partial charge in [-0.3, -0.25) is 4.98 Å². The molecule has 20 heavy (non-hydrogen) atoms. The van der Waals surface area contributed by atoms with E-state index in [0.717, 1.165) is 25.9 Å². The zero-order chi connectivity index (χ0) is 13.8. The topological polar surface area (TPSA) is 56.3 Å². The third-order valence-corrected chi connectivity index (χ3v) is 3.30. The van der Waals surface area contributed by atoms with E-state index in [2.05, 4.69) is 28.8 Å². The fourth-order valence-electron chi connectivity index (χ4n) is 2.18. The number of pyridine rings is 1. The summed E-state index contributed by atoms with van der Waals surface area (Å²) in [7, 11) is 2.11.